The summed E-state index contributed by atoms with van der Waals surface area (Å²) in [4.78, 5) is 16.5. The maximum atomic E-state index is 12.4. The Bertz CT molecular complexity index is 456. The summed E-state index contributed by atoms with van der Waals surface area (Å²) in [5.41, 5.74) is 7.76. The minimum absolute atomic E-state index is 0.0592. The van der Waals surface area contributed by atoms with Gasteiger partial charge in [-0.25, -0.2) is 0 Å². The van der Waals surface area contributed by atoms with E-state index >= 15 is 0 Å². The van der Waals surface area contributed by atoms with Gasteiger partial charge in [0, 0.05) is 25.7 Å². The third-order valence-corrected chi connectivity index (χ3v) is 3.83. The lowest BCUT2D eigenvalue weighted by Crippen LogP contribution is -2.52. The quantitative estimate of drug-likeness (QED) is 0.844. The van der Waals surface area contributed by atoms with Gasteiger partial charge >= 0.3 is 0 Å². The Labute approximate surface area is 113 Å². The molecule has 1 aromatic rings. The van der Waals surface area contributed by atoms with Crippen LogP contribution in [-0.2, 0) is 6.42 Å². The van der Waals surface area contributed by atoms with E-state index in [1.807, 2.05) is 4.90 Å². The van der Waals surface area contributed by atoms with E-state index < -0.39 is 0 Å². The molecule has 0 spiro atoms. The number of rotatable bonds is 3. The SMILES string of the molecule is CCCc1[nH]nc(C(=O)N2CCN(C)C(C)C2)c1N. The first-order valence-corrected chi connectivity index (χ1v) is 6.86. The summed E-state index contributed by atoms with van der Waals surface area (Å²) in [6.07, 6.45) is 1.80. The van der Waals surface area contributed by atoms with Crippen LogP contribution in [0.5, 0.6) is 0 Å². The minimum Gasteiger partial charge on any atom is -0.395 e. The molecule has 0 saturated carbocycles. The predicted molar refractivity (Wildman–Crippen MR) is 75.0 cm³/mol. The van der Waals surface area contributed by atoms with Crippen LogP contribution in [0.1, 0.15) is 36.5 Å². The highest BCUT2D eigenvalue weighted by Gasteiger charge is 2.28. The van der Waals surface area contributed by atoms with Crippen LogP contribution in [0.4, 0.5) is 5.69 Å². The Balaban J connectivity index is 2.11. The number of aromatic amines is 1. The number of amides is 1. The number of nitrogens with two attached hydrogens (primary N) is 1. The van der Waals surface area contributed by atoms with Crippen LogP contribution in [-0.4, -0.2) is 58.6 Å². The third-order valence-electron chi connectivity index (χ3n) is 3.83. The standard InChI is InChI=1S/C13H23N5O/c1-4-5-10-11(14)12(16-15-10)13(19)18-7-6-17(3)9(2)8-18/h9H,4-8,14H2,1-3H3,(H,15,16). The summed E-state index contributed by atoms with van der Waals surface area (Å²) in [5.74, 6) is -0.0592. The van der Waals surface area contributed by atoms with E-state index in [2.05, 4.69) is 36.0 Å². The zero-order valence-corrected chi connectivity index (χ0v) is 11.9. The first-order valence-electron chi connectivity index (χ1n) is 6.86. The van der Waals surface area contributed by atoms with Crippen LogP contribution in [0.25, 0.3) is 0 Å². The molecule has 1 aliphatic rings. The average Bonchev–Trinajstić information content (AvgIpc) is 2.74. The van der Waals surface area contributed by atoms with Crippen molar-refractivity contribution in [3.63, 3.8) is 0 Å². The number of anilines is 1. The summed E-state index contributed by atoms with van der Waals surface area (Å²) < 4.78 is 0. The topological polar surface area (TPSA) is 78.2 Å². The molecule has 0 aromatic carbocycles. The number of nitrogen functional groups attached to an aromatic ring is 1. The van der Waals surface area contributed by atoms with E-state index in [-0.39, 0.29) is 5.91 Å². The second-order valence-electron chi connectivity index (χ2n) is 5.30. The van der Waals surface area contributed by atoms with Crippen molar-refractivity contribution in [2.45, 2.75) is 32.7 Å². The van der Waals surface area contributed by atoms with Gasteiger partial charge in [0.25, 0.3) is 5.91 Å². The van der Waals surface area contributed by atoms with Gasteiger partial charge in [0.1, 0.15) is 0 Å². The van der Waals surface area contributed by atoms with Gasteiger partial charge in [-0.3, -0.25) is 9.89 Å². The summed E-state index contributed by atoms with van der Waals surface area (Å²) in [6.45, 7) is 6.54. The number of aromatic nitrogens is 2. The minimum atomic E-state index is -0.0592. The molecule has 1 amide bonds. The van der Waals surface area contributed by atoms with Crippen molar-refractivity contribution in [1.82, 2.24) is 20.0 Å². The van der Waals surface area contributed by atoms with Gasteiger partial charge < -0.3 is 15.5 Å². The van der Waals surface area contributed by atoms with Crippen LogP contribution >= 0.6 is 0 Å². The summed E-state index contributed by atoms with van der Waals surface area (Å²) in [6, 6.07) is 0.368. The average molecular weight is 265 g/mol. The molecular weight excluding hydrogens is 242 g/mol. The van der Waals surface area contributed by atoms with Gasteiger partial charge in [0.05, 0.1) is 11.4 Å². The number of aryl methyl sites for hydroxylation is 1. The molecule has 19 heavy (non-hydrogen) atoms. The molecular formula is C13H23N5O. The van der Waals surface area contributed by atoms with Crippen molar-refractivity contribution in [3.05, 3.63) is 11.4 Å². The van der Waals surface area contributed by atoms with E-state index in [1.54, 1.807) is 0 Å². The zero-order valence-electron chi connectivity index (χ0n) is 11.9. The predicted octanol–water partition coefficient (Wildman–Crippen LogP) is 0.721. The number of piperazine rings is 1. The van der Waals surface area contributed by atoms with Gasteiger partial charge in [0.15, 0.2) is 5.69 Å². The van der Waals surface area contributed by atoms with Crippen molar-refractivity contribution in [2.24, 2.45) is 0 Å². The normalized spacial score (nSPS) is 20.8. The van der Waals surface area contributed by atoms with E-state index in [0.717, 1.165) is 38.2 Å². The molecule has 1 unspecified atom stereocenters. The van der Waals surface area contributed by atoms with Gasteiger partial charge in [-0.15, -0.1) is 0 Å². The zero-order chi connectivity index (χ0) is 14.0. The molecule has 106 valence electrons. The molecule has 0 bridgehead atoms. The fourth-order valence-electron chi connectivity index (χ4n) is 2.37. The molecule has 1 atom stereocenters. The first kappa shape index (κ1) is 13.9. The molecule has 3 N–H and O–H groups in total. The second kappa shape index (κ2) is 5.61. The molecule has 6 nitrogen and oxygen atoms in total. The number of nitrogens with one attached hydrogen (secondary N) is 1. The molecule has 2 rings (SSSR count). The van der Waals surface area contributed by atoms with Crippen molar-refractivity contribution >= 4 is 11.6 Å². The Morgan fingerprint density at radius 2 is 2.26 bits per heavy atom. The maximum Gasteiger partial charge on any atom is 0.276 e. The number of carbonyl (C=O) groups excluding carboxylic acids is 1. The summed E-state index contributed by atoms with van der Waals surface area (Å²) >= 11 is 0. The largest absolute Gasteiger partial charge is 0.395 e. The lowest BCUT2D eigenvalue weighted by molar-refractivity contribution is 0.0568. The van der Waals surface area contributed by atoms with Gasteiger partial charge in [-0.1, -0.05) is 13.3 Å². The van der Waals surface area contributed by atoms with Crippen LogP contribution in [0.2, 0.25) is 0 Å². The molecule has 1 aliphatic heterocycles. The number of hydrogen-bond acceptors (Lipinski definition) is 4. The van der Waals surface area contributed by atoms with Crippen LogP contribution in [0.15, 0.2) is 0 Å². The lowest BCUT2D eigenvalue weighted by atomic mass is 10.1. The van der Waals surface area contributed by atoms with E-state index in [1.165, 1.54) is 0 Å². The van der Waals surface area contributed by atoms with E-state index in [4.69, 9.17) is 5.73 Å². The number of hydrogen-bond donors (Lipinski definition) is 2. The number of likely N-dealkylation sites (N-methyl/N-ethyl adjacent to an activating group) is 1. The van der Waals surface area contributed by atoms with E-state index in [0.29, 0.717) is 17.4 Å². The Morgan fingerprint density at radius 1 is 1.53 bits per heavy atom. The highest BCUT2D eigenvalue weighted by atomic mass is 16.2. The maximum absolute atomic E-state index is 12.4. The van der Waals surface area contributed by atoms with Crippen LogP contribution in [0, 0.1) is 0 Å². The van der Waals surface area contributed by atoms with Gasteiger partial charge in [-0.05, 0) is 20.4 Å². The fraction of sp³-hybridized carbons (Fsp3) is 0.692. The lowest BCUT2D eigenvalue weighted by Gasteiger charge is -2.37. The molecule has 6 heteroatoms. The van der Waals surface area contributed by atoms with Crippen molar-refractivity contribution in [2.75, 3.05) is 32.4 Å². The molecule has 0 aliphatic carbocycles. The number of nitrogens with zero attached hydrogens (tertiary/aromatic N) is 3. The van der Waals surface area contributed by atoms with Gasteiger partial charge in [0.2, 0.25) is 0 Å². The molecule has 2 heterocycles. The Kier molecular flexibility index (Phi) is 4.09. The Hall–Kier alpha value is -1.56. The van der Waals surface area contributed by atoms with Gasteiger partial charge in [-0.2, -0.15) is 5.10 Å². The first-order chi connectivity index (χ1) is 9.04. The van der Waals surface area contributed by atoms with E-state index in [9.17, 15) is 4.79 Å². The van der Waals surface area contributed by atoms with Crippen molar-refractivity contribution < 1.29 is 4.79 Å². The second-order valence-corrected chi connectivity index (χ2v) is 5.30. The Morgan fingerprint density at radius 3 is 2.89 bits per heavy atom. The summed E-state index contributed by atoms with van der Waals surface area (Å²) in [5, 5.41) is 6.98. The number of H-pyrrole nitrogens is 1. The van der Waals surface area contributed by atoms with Crippen LogP contribution < -0.4 is 5.73 Å². The number of carbonyl (C=O) groups is 1. The van der Waals surface area contributed by atoms with Crippen molar-refractivity contribution in [3.8, 4) is 0 Å². The summed E-state index contributed by atoms with van der Waals surface area (Å²) in [7, 11) is 2.08. The molecule has 1 aromatic heterocycles. The fourth-order valence-corrected chi connectivity index (χ4v) is 2.37. The highest BCUT2D eigenvalue weighted by Crippen LogP contribution is 2.19. The van der Waals surface area contributed by atoms with Crippen LogP contribution in [0.3, 0.4) is 0 Å². The highest BCUT2D eigenvalue weighted by molar-refractivity contribution is 5.97. The monoisotopic (exact) mass is 265 g/mol. The van der Waals surface area contributed by atoms with Crippen molar-refractivity contribution in [1.29, 1.82) is 0 Å². The third kappa shape index (κ3) is 2.73. The molecule has 1 saturated heterocycles. The molecule has 1 fully saturated rings. The molecule has 0 radical (unpaired) electrons. The smallest absolute Gasteiger partial charge is 0.276 e.